The van der Waals surface area contributed by atoms with Crippen molar-refractivity contribution < 1.29 is 4.79 Å². The van der Waals surface area contributed by atoms with Crippen LogP contribution < -0.4 is 10.6 Å². The van der Waals surface area contributed by atoms with Gasteiger partial charge in [-0.3, -0.25) is 4.79 Å². The largest absolute Gasteiger partial charge is 0.382 e. The van der Waals surface area contributed by atoms with Crippen LogP contribution in [-0.4, -0.2) is 42.5 Å². The maximum absolute atomic E-state index is 12.5. The Bertz CT molecular complexity index is 463. The van der Waals surface area contributed by atoms with Crippen molar-refractivity contribution in [2.75, 3.05) is 37.3 Å². The molecule has 1 amide bonds. The molecule has 0 bridgehead atoms. The number of nitrogens with two attached hydrogens (primary N) is 1. The molecule has 19 heavy (non-hydrogen) atoms. The van der Waals surface area contributed by atoms with Crippen molar-refractivity contribution in [3.8, 4) is 0 Å². The van der Waals surface area contributed by atoms with E-state index < -0.39 is 0 Å². The number of nitrogen functional groups attached to an aromatic ring is 1. The van der Waals surface area contributed by atoms with Crippen LogP contribution in [0.3, 0.4) is 0 Å². The number of carbonyl (C=O) groups is 1. The first-order chi connectivity index (χ1) is 8.93. The highest BCUT2D eigenvalue weighted by molar-refractivity contribution is 7.18. The molecule has 5 nitrogen and oxygen atoms in total. The lowest BCUT2D eigenvalue weighted by Crippen LogP contribution is -2.28. The molecule has 106 valence electrons. The minimum Gasteiger partial charge on any atom is -0.382 e. The van der Waals surface area contributed by atoms with E-state index >= 15 is 0 Å². The van der Waals surface area contributed by atoms with Crippen LogP contribution in [0.2, 0.25) is 0 Å². The van der Waals surface area contributed by atoms with Gasteiger partial charge in [0.25, 0.3) is 5.91 Å². The standard InChI is InChI=1S/C13H22N4OS/c1-5-16(4)13-15-11(14)10(19-13)12(18)17-6-8(2)9(3)7-17/h8-9H,5-7,14H2,1-4H3. The van der Waals surface area contributed by atoms with Crippen LogP contribution in [0.1, 0.15) is 30.4 Å². The fourth-order valence-electron chi connectivity index (χ4n) is 2.21. The summed E-state index contributed by atoms with van der Waals surface area (Å²) in [5.74, 6) is 1.49. The summed E-state index contributed by atoms with van der Waals surface area (Å²) in [7, 11) is 1.95. The van der Waals surface area contributed by atoms with Gasteiger partial charge in [0.15, 0.2) is 5.13 Å². The summed E-state index contributed by atoms with van der Waals surface area (Å²) >= 11 is 1.39. The second kappa shape index (κ2) is 5.36. The van der Waals surface area contributed by atoms with E-state index in [9.17, 15) is 4.79 Å². The molecule has 2 unspecified atom stereocenters. The molecule has 1 fully saturated rings. The second-order valence-electron chi connectivity index (χ2n) is 5.39. The van der Waals surface area contributed by atoms with Gasteiger partial charge in [0.2, 0.25) is 0 Å². The number of thiazole rings is 1. The van der Waals surface area contributed by atoms with Gasteiger partial charge in [-0.1, -0.05) is 25.2 Å². The van der Waals surface area contributed by atoms with Crippen LogP contribution in [0, 0.1) is 11.8 Å². The van der Waals surface area contributed by atoms with Gasteiger partial charge in [-0.05, 0) is 18.8 Å². The average molecular weight is 282 g/mol. The van der Waals surface area contributed by atoms with E-state index in [1.165, 1.54) is 11.3 Å². The number of aromatic nitrogens is 1. The predicted octanol–water partition coefficient (Wildman–Crippen LogP) is 1.91. The van der Waals surface area contributed by atoms with Crippen LogP contribution in [-0.2, 0) is 0 Å². The maximum Gasteiger partial charge on any atom is 0.267 e. The van der Waals surface area contributed by atoms with E-state index in [4.69, 9.17) is 5.73 Å². The predicted molar refractivity (Wildman–Crippen MR) is 79.7 cm³/mol. The third-order valence-electron chi connectivity index (χ3n) is 3.91. The highest BCUT2D eigenvalue weighted by Gasteiger charge is 2.32. The molecular formula is C13H22N4OS. The SMILES string of the molecule is CCN(C)c1nc(N)c(C(=O)N2CC(C)C(C)C2)s1. The number of likely N-dealkylation sites (tertiary alicyclic amines) is 1. The average Bonchev–Trinajstić information content (AvgIpc) is 2.92. The summed E-state index contributed by atoms with van der Waals surface area (Å²) in [6.45, 7) is 8.89. The van der Waals surface area contributed by atoms with Gasteiger partial charge >= 0.3 is 0 Å². The van der Waals surface area contributed by atoms with Gasteiger partial charge < -0.3 is 15.5 Å². The zero-order chi connectivity index (χ0) is 14.2. The molecule has 0 radical (unpaired) electrons. The summed E-state index contributed by atoms with van der Waals surface area (Å²) in [6, 6.07) is 0. The zero-order valence-electron chi connectivity index (χ0n) is 12.0. The van der Waals surface area contributed by atoms with Crippen LogP contribution in [0.25, 0.3) is 0 Å². The monoisotopic (exact) mass is 282 g/mol. The first-order valence-corrected chi connectivity index (χ1v) is 7.52. The molecule has 1 aromatic rings. The van der Waals surface area contributed by atoms with Crippen molar-refractivity contribution >= 4 is 28.2 Å². The molecule has 2 rings (SSSR count). The molecule has 1 saturated heterocycles. The zero-order valence-corrected chi connectivity index (χ0v) is 12.8. The molecule has 1 aliphatic heterocycles. The highest BCUT2D eigenvalue weighted by Crippen LogP contribution is 2.31. The number of nitrogens with zero attached hydrogens (tertiary/aromatic N) is 3. The lowest BCUT2D eigenvalue weighted by Gasteiger charge is -2.15. The van der Waals surface area contributed by atoms with Crippen LogP contribution >= 0.6 is 11.3 Å². The van der Waals surface area contributed by atoms with Gasteiger partial charge in [0.05, 0.1) is 0 Å². The minimum atomic E-state index is 0.0296. The lowest BCUT2D eigenvalue weighted by molar-refractivity contribution is 0.0790. The van der Waals surface area contributed by atoms with Crippen molar-refractivity contribution in [1.29, 1.82) is 0 Å². The Morgan fingerprint density at radius 3 is 2.58 bits per heavy atom. The van der Waals surface area contributed by atoms with Crippen molar-refractivity contribution in [2.24, 2.45) is 11.8 Å². The van der Waals surface area contributed by atoms with Crippen LogP contribution in [0.4, 0.5) is 10.9 Å². The lowest BCUT2D eigenvalue weighted by atomic mass is 10.0. The summed E-state index contributed by atoms with van der Waals surface area (Å²) in [5, 5.41) is 0.809. The van der Waals surface area contributed by atoms with Gasteiger partial charge in [-0.2, -0.15) is 0 Å². The van der Waals surface area contributed by atoms with Crippen molar-refractivity contribution in [2.45, 2.75) is 20.8 Å². The smallest absolute Gasteiger partial charge is 0.267 e. The molecule has 1 aromatic heterocycles. The summed E-state index contributed by atoms with van der Waals surface area (Å²) in [4.78, 5) is 21.2. The van der Waals surface area contributed by atoms with E-state index in [1.54, 1.807) is 0 Å². The van der Waals surface area contributed by atoms with Gasteiger partial charge in [0, 0.05) is 26.7 Å². The maximum atomic E-state index is 12.5. The fourth-order valence-corrected chi connectivity index (χ4v) is 3.19. The molecule has 0 aromatic carbocycles. The Balaban J connectivity index is 2.18. The Morgan fingerprint density at radius 2 is 2.05 bits per heavy atom. The number of anilines is 2. The third kappa shape index (κ3) is 2.68. The number of hydrogen-bond acceptors (Lipinski definition) is 5. The molecule has 1 aliphatic rings. The highest BCUT2D eigenvalue weighted by atomic mass is 32.1. The molecule has 2 atom stereocenters. The molecule has 6 heteroatoms. The quantitative estimate of drug-likeness (QED) is 0.920. The van der Waals surface area contributed by atoms with Crippen molar-refractivity contribution in [3.63, 3.8) is 0 Å². The summed E-state index contributed by atoms with van der Waals surface area (Å²) in [6.07, 6.45) is 0. The third-order valence-corrected chi connectivity index (χ3v) is 5.09. The second-order valence-corrected chi connectivity index (χ2v) is 6.37. The fraction of sp³-hybridized carbons (Fsp3) is 0.692. The number of rotatable bonds is 3. The molecule has 2 heterocycles. The Kier molecular flexibility index (Phi) is 3.99. The minimum absolute atomic E-state index is 0.0296. The van der Waals surface area contributed by atoms with Crippen molar-refractivity contribution in [1.82, 2.24) is 9.88 Å². The van der Waals surface area contributed by atoms with Crippen molar-refractivity contribution in [3.05, 3.63) is 4.88 Å². The summed E-state index contributed by atoms with van der Waals surface area (Å²) in [5.41, 5.74) is 5.90. The Labute approximate surface area is 118 Å². The number of carbonyl (C=O) groups excluding carboxylic acids is 1. The van der Waals surface area contributed by atoms with Crippen LogP contribution in [0.15, 0.2) is 0 Å². The van der Waals surface area contributed by atoms with Crippen LogP contribution in [0.5, 0.6) is 0 Å². The van der Waals surface area contributed by atoms with E-state index in [-0.39, 0.29) is 5.91 Å². The molecule has 0 spiro atoms. The normalized spacial score (nSPS) is 22.8. The number of hydrogen-bond donors (Lipinski definition) is 1. The molecular weight excluding hydrogens is 260 g/mol. The molecule has 2 N–H and O–H groups in total. The summed E-state index contributed by atoms with van der Waals surface area (Å²) < 4.78 is 0. The van der Waals surface area contributed by atoms with E-state index in [0.29, 0.717) is 22.5 Å². The van der Waals surface area contributed by atoms with E-state index in [0.717, 1.165) is 24.8 Å². The van der Waals surface area contributed by atoms with E-state index in [2.05, 4.69) is 18.8 Å². The van der Waals surface area contributed by atoms with Gasteiger partial charge in [-0.15, -0.1) is 0 Å². The van der Waals surface area contributed by atoms with Gasteiger partial charge in [0.1, 0.15) is 10.7 Å². The number of amides is 1. The van der Waals surface area contributed by atoms with E-state index in [1.807, 2.05) is 23.8 Å². The topological polar surface area (TPSA) is 62.5 Å². The first kappa shape index (κ1) is 14.1. The first-order valence-electron chi connectivity index (χ1n) is 6.70. The Morgan fingerprint density at radius 1 is 1.47 bits per heavy atom. The van der Waals surface area contributed by atoms with Gasteiger partial charge in [-0.25, -0.2) is 4.98 Å². The molecule has 0 aliphatic carbocycles. The Hall–Kier alpha value is -1.30. The molecule has 0 saturated carbocycles.